The maximum Gasteiger partial charge on any atom is 0.0398 e. The molecule has 0 radical (unpaired) electrons. The van der Waals surface area contributed by atoms with E-state index in [0.717, 1.165) is 24.8 Å². The third-order valence-corrected chi connectivity index (χ3v) is 5.59. The number of anilines is 1. The number of nitrogens with two attached hydrogens (primary N) is 1. The van der Waals surface area contributed by atoms with Crippen LogP contribution in [0.4, 0.5) is 5.69 Å². The predicted molar refractivity (Wildman–Crippen MR) is 90.9 cm³/mol. The van der Waals surface area contributed by atoms with Gasteiger partial charge >= 0.3 is 0 Å². The molecule has 3 atom stereocenters. The van der Waals surface area contributed by atoms with Crippen molar-refractivity contribution in [3.05, 3.63) is 29.3 Å². The van der Waals surface area contributed by atoms with Crippen LogP contribution in [0.5, 0.6) is 0 Å². The molecule has 0 bridgehead atoms. The molecule has 1 aromatic carbocycles. The minimum atomic E-state index is 0.296. The van der Waals surface area contributed by atoms with Crippen molar-refractivity contribution in [1.82, 2.24) is 0 Å². The standard InChI is InChI=1S/C19H30N2/c1-3-17(20)13-15-9-10-18(14(2)12-15)21-11-5-7-16-6-4-8-19(16)21/h9-10,12,16-17,19H,3-8,11,13,20H2,1-2H3. The third kappa shape index (κ3) is 3.11. The number of aryl methyl sites for hydroxylation is 1. The van der Waals surface area contributed by atoms with Crippen LogP contribution in [0, 0.1) is 12.8 Å². The maximum absolute atomic E-state index is 6.10. The first-order valence-electron chi connectivity index (χ1n) is 8.80. The van der Waals surface area contributed by atoms with Gasteiger partial charge in [-0.05, 0) is 68.6 Å². The van der Waals surface area contributed by atoms with Crippen LogP contribution in [0.2, 0.25) is 0 Å². The zero-order valence-electron chi connectivity index (χ0n) is 13.6. The van der Waals surface area contributed by atoms with E-state index in [0.29, 0.717) is 6.04 Å². The third-order valence-electron chi connectivity index (χ3n) is 5.59. The van der Waals surface area contributed by atoms with Crippen molar-refractivity contribution in [2.45, 2.75) is 70.9 Å². The molecule has 3 rings (SSSR count). The molecule has 0 aromatic heterocycles. The van der Waals surface area contributed by atoms with Gasteiger partial charge in [0, 0.05) is 24.3 Å². The van der Waals surface area contributed by atoms with Crippen LogP contribution < -0.4 is 10.6 Å². The molecule has 2 nitrogen and oxygen atoms in total. The van der Waals surface area contributed by atoms with Crippen molar-refractivity contribution in [3.8, 4) is 0 Å². The summed E-state index contributed by atoms with van der Waals surface area (Å²) in [6.07, 6.45) is 9.14. The molecule has 1 aromatic rings. The molecule has 1 heterocycles. The predicted octanol–water partition coefficient (Wildman–Crippen LogP) is 4.04. The van der Waals surface area contributed by atoms with Gasteiger partial charge in [-0.3, -0.25) is 0 Å². The van der Waals surface area contributed by atoms with E-state index in [-0.39, 0.29) is 0 Å². The molecule has 0 amide bonds. The number of fused-ring (bicyclic) bond motifs is 1. The highest BCUT2D eigenvalue weighted by atomic mass is 15.2. The van der Waals surface area contributed by atoms with E-state index in [1.165, 1.54) is 55.5 Å². The van der Waals surface area contributed by atoms with Crippen molar-refractivity contribution in [1.29, 1.82) is 0 Å². The topological polar surface area (TPSA) is 29.3 Å². The Balaban J connectivity index is 1.78. The van der Waals surface area contributed by atoms with Crippen molar-refractivity contribution < 1.29 is 0 Å². The minimum Gasteiger partial charge on any atom is -0.368 e. The van der Waals surface area contributed by atoms with Crippen LogP contribution in [0.3, 0.4) is 0 Å². The van der Waals surface area contributed by atoms with E-state index in [2.05, 4.69) is 36.9 Å². The van der Waals surface area contributed by atoms with Gasteiger partial charge in [0.1, 0.15) is 0 Å². The molecule has 1 saturated carbocycles. The summed E-state index contributed by atoms with van der Waals surface area (Å²) in [7, 11) is 0. The molecule has 2 aliphatic rings. The van der Waals surface area contributed by atoms with E-state index in [4.69, 9.17) is 5.73 Å². The number of benzene rings is 1. The first kappa shape index (κ1) is 14.9. The van der Waals surface area contributed by atoms with Crippen LogP contribution >= 0.6 is 0 Å². The minimum absolute atomic E-state index is 0.296. The maximum atomic E-state index is 6.10. The van der Waals surface area contributed by atoms with Crippen LogP contribution in [0.1, 0.15) is 56.6 Å². The lowest BCUT2D eigenvalue weighted by Gasteiger charge is -2.40. The van der Waals surface area contributed by atoms with Gasteiger partial charge in [-0.2, -0.15) is 0 Å². The fraction of sp³-hybridized carbons (Fsp3) is 0.684. The molecule has 2 fully saturated rings. The van der Waals surface area contributed by atoms with Gasteiger partial charge in [0.2, 0.25) is 0 Å². The summed E-state index contributed by atoms with van der Waals surface area (Å²) in [6, 6.07) is 8.12. The van der Waals surface area contributed by atoms with Crippen LogP contribution in [-0.4, -0.2) is 18.6 Å². The second-order valence-corrected chi connectivity index (χ2v) is 7.09. The largest absolute Gasteiger partial charge is 0.368 e. The Morgan fingerprint density at radius 3 is 2.81 bits per heavy atom. The van der Waals surface area contributed by atoms with Crippen LogP contribution in [0.15, 0.2) is 18.2 Å². The molecule has 116 valence electrons. The van der Waals surface area contributed by atoms with E-state index in [9.17, 15) is 0 Å². The van der Waals surface area contributed by atoms with E-state index >= 15 is 0 Å². The normalized spacial score (nSPS) is 26.7. The summed E-state index contributed by atoms with van der Waals surface area (Å²) in [5.74, 6) is 0.950. The summed E-state index contributed by atoms with van der Waals surface area (Å²) < 4.78 is 0. The van der Waals surface area contributed by atoms with Crippen molar-refractivity contribution in [2.24, 2.45) is 11.7 Å². The number of nitrogens with zero attached hydrogens (tertiary/aromatic N) is 1. The zero-order valence-corrected chi connectivity index (χ0v) is 13.6. The van der Waals surface area contributed by atoms with E-state index in [1.54, 1.807) is 0 Å². The molecule has 21 heavy (non-hydrogen) atoms. The fourth-order valence-electron chi connectivity index (χ4n) is 4.37. The molecular formula is C19H30N2. The second-order valence-electron chi connectivity index (χ2n) is 7.09. The molecule has 0 spiro atoms. The number of hydrogen-bond donors (Lipinski definition) is 1. The first-order chi connectivity index (χ1) is 10.2. The quantitative estimate of drug-likeness (QED) is 0.905. The molecule has 1 aliphatic carbocycles. The molecular weight excluding hydrogens is 256 g/mol. The highest BCUT2D eigenvalue weighted by Gasteiger charge is 2.35. The molecule has 1 saturated heterocycles. The van der Waals surface area contributed by atoms with Gasteiger partial charge in [0.05, 0.1) is 0 Å². The van der Waals surface area contributed by atoms with E-state index in [1.807, 2.05) is 0 Å². The molecule has 1 aliphatic heterocycles. The second kappa shape index (κ2) is 6.39. The molecule has 2 heteroatoms. The average molecular weight is 286 g/mol. The lowest BCUT2D eigenvalue weighted by atomic mass is 9.90. The lowest BCUT2D eigenvalue weighted by molar-refractivity contribution is 0.362. The van der Waals surface area contributed by atoms with Gasteiger partial charge in [0.25, 0.3) is 0 Å². The van der Waals surface area contributed by atoms with E-state index < -0.39 is 0 Å². The van der Waals surface area contributed by atoms with Crippen molar-refractivity contribution in [2.75, 3.05) is 11.4 Å². The van der Waals surface area contributed by atoms with Gasteiger partial charge < -0.3 is 10.6 Å². The average Bonchev–Trinajstić information content (AvgIpc) is 2.96. The molecule has 2 N–H and O–H groups in total. The highest BCUT2D eigenvalue weighted by molar-refractivity contribution is 5.56. The number of rotatable bonds is 4. The smallest absolute Gasteiger partial charge is 0.0398 e. The van der Waals surface area contributed by atoms with Crippen LogP contribution in [0.25, 0.3) is 0 Å². The first-order valence-corrected chi connectivity index (χ1v) is 8.80. The fourth-order valence-corrected chi connectivity index (χ4v) is 4.37. The lowest BCUT2D eigenvalue weighted by Crippen LogP contribution is -2.43. The summed E-state index contributed by atoms with van der Waals surface area (Å²) in [5.41, 5.74) is 10.4. The van der Waals surface area contributed by atoms with Crippen LogP contribution in [-0.2, 0) is 6.42 Å². The van der Waals surface area contributed by atoms with Gasteiger partial charge in [-0.25, -0.2) is 0 Å². The highest BCUT2D eigenvalue weighted by Crippen LogP contribution is 2.40. The summed E-state index contributed by atoms with van der Waals surface area (Å²) >= 11 is 0. The van der Waals surface area contributed by atoms with Gasteiger partial charge in [-0.15, -0.1) is 0 Å². The monoisotopic (exact) mass is 286 g/mol. The Labute approximate surface area is 129 Å². The van der Waals surface area contributed by atoms with Gasteiger partial charge in [-0.1, -0.05) is 25.5 Å². The van der Waals surface area contributed by atoms with Crippen molar-refractivity contribution in [3.63, 3.8) is 0 Å². The number of piperidine rings is 1. The Morgan fingerprint density at radius 1 is 1.24 bits per heavy atom. The number of hydrogen-bond acceptors (Lipinski definition) is 2. The zero-order chi connectivity index (χ0) is 14.8. The Hall–Kier alpha value is -1.02. The van der Waals surface area contributed by atoms with Crippen molar-refractivity contribution >= 4 is 5.69 Å². The molecule has 3 unspecified atom stereocenters. The Bertz CT molecular complexity index is 482. The summed E-state index contributed by atoms with van der Waals surface area (Å²) in [5, 5.41) is 0. The summed E-state index contributed by atoms with van der Waals surface area (Å²) in [6.45, 7) is 5.69. The van der Waals surface area contributed by atoms with Gasteiger partial charge in [0.15, 0.2) is 0 Å². The SMILES string of the molecule is CCC(N)Cc1ccc(N2CCCC3CCCC32)c(C)c1. The Kier molecular flexibility index (Phi) is 4.54. The summed E-state index contributed by atoms with van der Waals surface area (Å²) in [4.78, 5) is 2.71. The Morgan fingerprint density at radius 2 is 2.05 bits per heavy atom.